The van der Waals surface area contributed by atoms with Gasteiger partial charge in [-0.15, -0.1) is 0 Å². The third-order valence-corrected chi connectivity index (χ3v) is 3.94. The minimum absolute atomic E-state index is 0.0602. The first-order valence-electron chi connectivity index (χ1n) is 8.85. The lowest BCUT2D eigenvalue weighted by Gasteiger charge is -2.37. The van der Waals surface area contributed by atoms with Crippen LogP contribution in [0, 0.1) is 5.92 Å². The van der Waals surface area contributed by atoms with Crippen LogP contribution in [0.2, 0.25) is 0 Å². The van der Waals surface area contributed by atoms with E-state index in [0.717, 1.165) is 0 Å². The second kappa shape index (κ2) is 10.0. The molecule has 28 heavy (non-hydrogen) atoms. The van der Waals surface area contributed by atoms with Crippen LogP contribution in [-0.2, 0) is 14.4 Å². The number of carbonyl (C=O) groups is 2. The highest BCUT2D eigenvalue weighted by atomic mass is 16.7. The Morgan fingerprint density at radius 1 is 1.21 bits per heavy atom. The number of rotatable bonds is 6. The van der Waals surface area contributed by atoms with Gasteiger partial charge < -0.3 is 25.4 Å². The number of aliphatic hydroxyl groups is 3. The van der Waals surface area contributed by atoms with E-state index in [9.17, 15) is 24.9 Å². The molecular weight excluding hydrogens is 370 g/mol. The molecule has 0 bridgehead atoms. The first kappa shape index (κ1) is 21.6. The van der Waals surface area contributed by atoms with Gasteiger partial charge in [-0.05, 0) is 23.2 Å². The Kier molecular flexibility index (Phi) is 7.73. The van der Waals surface area contributed by atoms with Gasteiger partial charge in [0.2, 0.25) is 5.91 Å². The Hall–Kier alpha value is -2.69. The Labute approximate surface area is 162 Å². The number of nitrogens with zero attached hydrogens (tertiary/aromatic N) is 1. The molecule has 154 valence electrons. The summed E-state index contributed by atoms with van der Waals surface area (Å²) < 4.78 is 5.31. The van der Waals surface area contributed by atoms with Crippen molar-refractivity contribution in [3.05, 3.63) is 30.3 Å². The Morgan fingerprint density at radius 2 is 1.89 bits per heavy atom. The summed E-state index contributed by atoms with van der Waals surface area (Å²) in [5.74, 6) is -0.680. The monoisotopic (exact) mass is 395 g/mol. The normalized spacial score (nSPS) is 25.9. The molecule has 10 heteroatoms. The fourth-order valence-corrected chi connectivity index (χ4v) is 2.58. The molecule has 0 saturated carbocycles. The molecule has 1 aromatic carbocycles. The Morgan fingerprint density at radius 3 is 2.50 bits per heavy atom. The van der Waals surface area contributed by atoms with Crippen molar-refractivity contribution < 1.29 is 34.5 Å². The summed E-state index contributed by atoms with van der Waals surface area (Å²) in [6.45, 7) is 3.08. The number of aliphatic hydroxyl groups excluding tert-OH is 3. The highest BCUT2D eigenvalue weighted by Crippen LogP contribution is 2.19. The van der Waals surface area contributed by atoms with E-state index in [0.29, 0.717) is 5.69 Å². The lowest BCUT2D eigenvalue weighted by molar-refractivity contribution is -0.128. The smallest absolute Gasteiger partial charge is 0.437 e. The van der Waals surface area contributed by atoms with E-state index in [1.54, 1.807) is 30.3 Å². The van der Waals surface area contributed by atoms with Gasteiger partial charge in [-0.3, -0.25) is 14.9 Å². The van der Waals surface area contributed by atoms with Crippen LogP contribution in [0.5, 0.6) is 0 Å². The molecular formula is C18H25N3O7. The third-order valence-electron chi connectivity index (χ3n) is 3.94. The van der Waals surface area contributed by atoms with E-state index in [-0.39, 0.29) is 18.2 Å². The number of benzene rings is 1. The van der Waals surface area contributed by atoms with E-state index >= 15 is 0 Å². The lowest BCUT2D eigenvalue weighted by atomic mass is 9.97. The first-order valence-corrected chi connectivity index (χ1v) is 8.85. The van der Waals surface area contributed by atoms with Crippen LogP contribution >= 0.6 is 0 Å². The maximum atomic E-state index is 12.1. The molecule has 4 atom stereocenters. The second-order valence-electron chi connectivity index (χ2n) is 6.76. The number of anilines is 1. The molecule has 2 amide bonds. The van der Waals surface area contributed by atoms with Crippen LogP contribution in [-0.4, -0.2) is 64.2 Å². The molecule has 1 fully saturated rings. The van der Waals surface area contributed by atoms with Crippen molar-refractivity contribution in [3.63, 3.8) is 0 Å². The predicted octanol–water partition coefficient (Wildman–Crippen LogP) is 0.192. The summed E-state index contributed by atoms with van der Waals surface area (Å²) in [6.07, 6.45) is -4.91. The van der Waals surface area contributed by atoms with Gasteiger partial charge in [0.15, 0.2) is 6.10 Å². The van der Waals surface area contributed by atoms with Crippen molar-refractivity contribution >= 4 is 23.6 Å². The predicted molar refractivity (Wildman–Crippen MR) is 99.3 cm³/mol. The number of carbonyl (C=O) groups excluding carboxylic acids is 2. The van der Waals surface area contributed by atoms with Crippen LogP contribution < -0.4 is 10.6 Å². The molecule has 1 aliphatic rings. The summed E-state index contributed by atoms with van der Waals surface area (Å²) in [6, 6.07) is 7.25. The third kappa shape index (κ3) is 5.91. The average Bonchev–Trinajstić information content (AvgIpc) is 2.65. The number of nitrogens with one attached hydrogen (secondary N) is 2. The highest BCUT2D eigenvalue weighted by Gasteiger charge is 2.44. The maximum absolute atomic E-state index is 12.1. The van der Waals surface area contributed by atoms with E-state index in [1.165, 1.54) is 0 Å². The molecule has 1 aliphatic heterocycles. The first-order chi connectivity index (χ1) is 13.3. The van der Waals surface area contributed by atoms with E-state index in [1.807, 2.05) is 13.8 Å². The van der Waals surface area contributed by atoms with E-state index < -0.39 is 43.0 Å². The second-order valence-corrected chi connectivity index (χ2v) is 6.76. The van der Waals surface area contributed by atoms with Gasteiger partial charge in [-0.1, -0.05) is 32.0 Å². The van der Waals surface area contributed by atoms with E-state index in [4.69, 9.17) is 9.57 Å². The molecule has 1 heterocycles. The largest absolute Gasteiger partial charge is 0.468 e. The number of para-hydroxylation sites is 1. The fourth-order valence-electron chi connectivity index (χ4n) is 2.58. The molecule has 0 spiro atoms. The van der Waals surface area contributed by atoms with Crippen molar-refractivity contribution in [1.29, 1.82) is 0 Å². The molecule has 0 aromatic heterocycles. The number of amides is 2. The molecule has 5 N–H and O–H groups in total. The van der Waals surface area contributed by atoms with Crippen molar-refractivity contribution in [1.82, 2.24) is 5.32 Å². The van der Waals surface area contributed by atoms with Crippen LogP contribution in [0.3, 0.4) is 0 Å². The van der Waals surface area contributed by atoms with Crippen molar-refractivity contribution in [2.75, 3.05) is 11.9 Å². The zero-order valence-electron chi connectivity index (χ0n) is 15.6. The summed E-state index contributed by atoms with van der Waals surface area (Å²) in [4.78, 5) is 28.7. The zero-order valence-corrected chi connectivity index (χ0v) is 15.6. The van der Waals surface area contributed by atoms with Crippen LogP contribution in [0.1, 0.15) is 20.3 Å². The van der Waals surface area contributed by atoms with Crippen molar-refractivity contribution in [2.24, 2.45) is 11.1 Å². The minimum Gasteiger partial charge on any atom is -0.468 e. The Bertz CT molecular complexity index is 696. The summed E-state index contributed by atoms with van der Waals surface area (Å²) in [5, 5.41) is 38.1. The van der Waals surface area contributed by atoms with Crippen molar-refractivity contribution in [3.8, 4) is 0 Å². The minimum atomic E-state index is -1.51. The van der Waals surface area contributed by atoms with Gasteiger partial charge in [-0.25, -0.2) is 4.79 Å². The Balaban J connectivity index is 2.11. The standard InChI is InChI=1S/C18H25N3O7/c1-10(2)8-13(23)20-14-16(25)15(24)12(9-22)27-17(14)21-28-18(26)19-11-6-4-3-5-7-11/h3-7,10,12,14-16,22,24-25H,8-9H2,1-2H3,(H,19,26)(H,20,23)/b21-17+/t12-,14-,15-,16-/m1/s1. The number of hydrogen-bond donors (Lipinski definition) is 5. The van der Waals surface area contributed by atoms with Crippen molar-refractivity contribution in [2.45, 2.75) is 44.6 Å². The zero-order chi connectivity index (χ0) is 20.7. The average molecular weight is 395 g/mol. The quantitative estimate of drug-likeness (QED) is 0.341. The molecule has 0 unspecified atom stereocenters. The topological polar surface area (TPSA) is 150 Å². The van der Waals surface area contributed by atoms with Gasteiger partial charge in [0, 0.05) is 12.1 Å². The number of hydrogen-bond acceptors (Lipinski definition) is 8. The summed E-state index contributed by atoms with van der Waals surface area (Å²) in [7, 11) is 0. The maximum Gasteiger partial charge on any atom is 0.437 e. The molecule has 1 saturated heterocycles. The highest BCUT2D eigenvalue weighted by molar-refractivity contribution is 5.90. The number of oxime groups is 1. The molecule has 1 aromatic rings. The van der Waals surface area contributed by atoms with Gasteiger partial charge in [0.1, 0.15) is 18.2 Å². The summed E-state index contributed by atoms with van der Waals surface area (Å²) in [5.41, 5.74) is 0.475. The molecule has 10 nitrogen and oxygen atoms in total. The van der Waals surface area contributed by atoms with Gasteiger partial charge >= 0.3 is 6.09 Å². The fraction of sp³-hybridized carbons (Fsp3) is 0.500. The molecule has 0 radical (unpaired) electrons. The van der Waals surface area contributed by atoms with Crippen LogP contribution in [0.4, 0.5) is 10.5 Å². The lowest BCUT2D eigenvalue weighted by Crippen LogP contribution is -2.62. The van der Waals surface area contributed by atoms with Crippen LogP contribution in [0.25, 0.3) is 0 Å². The molecule has 2 rings (SSSR count). The SMILES string of the molecule is CC(C)CC(=O)N[C@H]1/C(=N\OC(=O)Nc2ccccc2)O[C@H](CO)[C@@H](O)[C@@H]1O. The van der Waals surface area contributed by atoms with Crippen LogP contribution in [0.15, 0.2) is 35.5 Å². The summed E-state index contributed by atoms with van der Waals surface area (Å²) >= 11 is 0. The number of ether oxygens (including phenoxy) is 1. The molecule has 0 aliphatic carbocycles. The van der Waals surface area contributed by atoms with E-state index in [2.05, 4.69) is 15.8 Å². The van der Waals surface area contributed by atoms with Gasteiger partial charge in [-0.2, -0.15) is 0 Å². The van der Waals surface area contributed by atoms with Gasteiger partial charge in [0.05, 0.1) is 6.61 Å². The van der Waals surface area contributed by atoms with Gasteiger partial charge in [0.25, 0.3) is 5.90 Å².